The van der Waals surface area contributed by atoms with Gasteiger partial charge in [0.25, 0.3) is 5.92 Å². The molecular weight excluding hydrogens is 366 g/mol. The Morgan fingerprint density at radius 3 is 2.57 bits per heavy atom. The van der Waals surface area contributed by atoms with E-state index in [9.17, 15) is 23.5 Å². The van der Waals surface area contributed by atoms with E-state index in [0.717, 1.165) is 19.3 Å². The Kier molecular flexibility index (Phi) is 8.17. The van der Waals surface area contributed by atoms with Crippen LogP contribution in [0.1, 0.15) is 77.6 Å². The average Bonchev–Trinajstić information content (AvgIpc) is 2.95. The van der Waals surface area contributed by atoms with E-state index < -0.39 is 29.3 Å². The highest BCUT2D eigenvalue weighted by Gasteiger charge is 2.85. The molecule has 1 N–H and O–H groups in total. The Bertz CT molecular complexity index is 575. The van der Waals surface area contributed by atoms with Crippen LogP contribution in [0.2, 0.25) is 0 Å². The van der Waals surface area contributed by atoms with Gasteiger partial charge in [0.05, 0.1) is 13.2 Å². The molecule has 6 heteroatoms. The highest BCUT2D eigenvalue weighted by atomic mass is 19.3. The molecule has 2 aliphatic carbocycles. The number of ketones is 1. The summed E-state index contributed by atoms with van der Waals surface area (Å²) in [4.78, 5) is 23.2. The van der Waals surface area contributed by atoms with Gasteiger partial charge >= 0.3 is 5.97 Å². The zero-order valence-electron chi connectivity index (χ0n) is 17.1. The number of rotatable bonds is 13. The van der Waals surface area contributed by atoms with Crippen molar-refractivity contribution in [2.45, 2.75) is 89.6 Å². The Labute approximate surface area is 166 Å². The summed E-state index contributed by atoms with van der Waals surface area (Å²) in [6, 6.07) is 0. The number of ether oxygens (including phenoxy) is 1. The van der Waals surface area contributed by atoms with Crippen molar-refractivity contribution in [2.24, 2.45) is 17.3 Å². The number of carbonyl (C=O) groups excluding carboxylic acids is 2. The normalized spacial score (nSPS) is 30.4. The van der Waals surface area contributed by atoms with Gasteiger partial charge in [0.15, 0.2) is 0 Å². The van der Waals surface area contributed by atoms with E-state index in [2.05, 4.69) is 11.7 Å². The number of hydrogen-bond acceptors (Lipinski definition) is 4. The molecule has 4 atom stereocenters. The molecule has 28 heavy (non-hydrogen) atoms. The molecule has 2 saturated carbocycles. The van der Waals surface area contributed by atoms with Gasteiger partial charge in [-0.2, -0.15) is 0 Å². The first-order chi connectivity index (χ1) is 13.3. The average molecular weight is 401 g/mol. The molecule has 0 bridgehead atoms. The summed E-state index contributed by atoms with van der Waals surface area (Å²) in [6.07, 6.45) is 8.79. The Morgan fingerprint density at radius 1 is 1.14 bits per heavy atom. The number of carbonyl (C=O) groups is 2. The number of fused-ring (bicyclic) bond motifs is 1. The number of alkyl halides is 2. The monoisotopic (exact) mass is 400 g/mol. The largest absolute Gasteiger partial charge is 0.469 e. The van der Waals surface area contributed by atoms with Crippen LogP contribution in [0.3, 0.4) is 0 Å². The van der Waals surface area contributed by atoms with Crippen molar-refractivity contribution in [1.82, 2.24) is 0 Å². The van der Waals surface area contributed by atoms with E-state index in [-0.39, 0.29) is 31.0 Å². The second-order valence-corrected chi connectivity index (χ2v) is 8.30. The third kappa shape index (κ3) is 4.81. The minimum Gasteiger partial charge on any atom is -0.469 e. The second-order valence-electron chi connectivity index (χ2n) is 8.30. The molecule has 0 saturated heterocycles. The van der Waals surface area contributed by atoms with Crippen LogP contribution >= 0.6 is 0 Å². The van der Waals surface area contributed by atoms with Gasteiger partial charge in [-0.3, -0.25) is 9.59 Å². The lowest BCUT2D eigenvalue weighted by atomic mass is 9.81. The maximum atomic E-state index is 14.5. The molecular formula is C22H34F2O4. The highest BCUT2D eigenvalue weighted by Crippen LogP contribution is 2.78. The predicted molar refractivity (Wildman–Crippen MR) is 103 cm³/mol. The minimum absolute atomic E-state index is 0.0581. The third-order valence-electron chi connectivity index (χ3n) is 6.61. The maximum Gasteiger partial charge on any atom is 0.305 e. The molecule has 0 aromatic carbocycles. The van der Waals surface area contributed by atoms with E-state index in [4.69, 9.17) is 0 Å². The number of allylic oxidation sites excluding steroid dienone is 2. The summed E-state index contributed by atoms with van der Waals surface area (Å²) in [5, 5.41) is 10.3. The number of aliphatic hydroxyl groups is 1. The van der Waals surface area contributed by atoms with Crippen LogP contribution in [0.15, 0.2) is 12.2 Å². The Hall–Kier alpha value is -1.30. The number of esters is 1. The van der Waals surface area contributed by atoms with Gasteiger partial charge in [0.1, 0.15) is 5.78 Å². The highest BCUT2D eigenvalue weighted by molar-refractivity contribution is 5.78. The molecule has 4 nitrogen and oxygen atoms in total. The molecule has 2 fully saturated rings. The summed E-state index contributed by atoms with van der Waals surface area (Å²) >= 11 is 0. The van der Waals surface area contributed by atoms with Crippen LogP contribution in [-0.2, 0) is 14.3 Å². The van der Waals surface area contributed by atoms with Gasteiger partial charge in [0.2, 0.25) is 0 Å². The van der Waals surface area contributed by atoms with Crippen molar-refractivity contribution in [3.05, 3.63) is 12.2 Å². The molecule has 0 unspecified atom stereocenters. The van der Waals surface area contributed by atoms with E-state index in [0.29, 0.717) is 32.1 Å². The first-order valence-corrected chi connectivity index (χ1v) is 10.6. The van der Waals surface area contributed by atoms with Crippen molar-refractivity contribution in [3.8, 4) is 0 Å². The SMILES string of the molecule is CCCCCC(=O)CC[C@]12[C@H](CC=CCCCC(=O)OC)[C@@H](O)C[C@H]1C2(F)F. The van der Waals surface area contributed by atoms with Crippen LogP contribution in [-0.4, -0.2) is 36.0 Å². The van der Waals surface area contributed by atoms with Crippen molar-refractivity contribution < 1.29 is 28.2 Å². The molecule has 0 amide bonds. The summed E-state index contributed by atoms with van der Waals surface area (Å²) in [5.41, 5.74) is -1.22. The maximum absolute atomic E-state index is 14.5. The molecule has 0 heterocycles. The van der Waals surface area contributed by atoms with E-state index >= 15 is 0 Å². The second kappa shape index (κ2) is 9.95. The Balaban J connectivity index is 1.87. The summed E-state index contributed by atoms with van der Waals surface area (Å²) in [6.45, 7) is 2.06. The van der Waals surface area contributed by atoms with Crippen LogP contribution < -0.4 is 0 Å². The lowest BCUT2D eigenvalue weighted by molar-refractivity contribution is -0.140. The van der Waals surface area contributed by atoms with E-state index in [1.807, 2.05) is 12.2 Å². The van der Waals surface area contributed by atoms with Gasteiger partial charge in [-0.05, 0) is 38.5 Å². The number of halogens is 2. The number of Topliss-reactive ketones (excluding diaryl/α,β-unsaturated/α-hetero) is 1. The third-order valence-corrected chi connectivity index (χ3v) is 6.61. The van der Waals surface area contributed by atoms with E-state index in [1.54, 1.807) is 0 Å². The molecule has 0 spiro atoms. The van der Waals surface area contributed by atoms with Gasteiger partial charge in [-0.25, -0.2) is 8.78 Å². The molecule has 0 aliphatic heterocycles. The predicted octanol–water partition coefficient (Wildman–Crippen LogP) is 4.84. The molecule has 0 aromatic heterocycles. The van der Waals surface area contributed by atoms with Gasteiger partial charge in [-0.1, -0.05) is 31.9 Å². The molecule has 0 aromatic rings. The van der Waals surface area contributed by atoms with Crippen molar-refractivity contribution in [1.29, 1.82) is 0 Å². The lowest BCUT2D eigenvalue weighted by Crippen LogP contribution is -2.31. The number of methoxy groups -OCH3 is 1. The van der Waals surface area contributed by atoms with Gasteiger partial charge in [0, 0.05) is 36.5 Å². The van der Waals surface area contributed by atoms with Crippen LogP contribution in [0.25, 0.3) is 0 Å². The molecule has 2 rings (SSSR count). The number of hydrogen-bond donors (Lipinski definition) is 1. The van der Waals surface area contributed by atoms with Crippen molar-refractivity contribution in [2.75, 3.05) is 7.11 Å². The Morgan fingerprint density at radius 2 is 1.89 bits per heavy atom. The summed E-state index contributed by atoms with van der Waals surface area (Å²) < 4.78 is 33.7. The fourth-order valence-corrected chi connectivity index (χ4v) is 4.93. The zero-order chi connectivity index (χ0) is 20.8. The van der Waals surface area contributed by atoms with Crippen LogP contribution in [0, 0.1) is 17.3 Å². The molecule has 2 aliphatic rings. The zero-order valence-corrected chi connectivity index (χ0v) is 17.1. The first kappa shape index (κ1) is 23.0. The summed E-state index contributed by atoms with van der Waals surface area (Å²) in [5.74, 6) is -4.28. The fourth-order valence-electron chi connectivity index (χ4n) is 4.93. The fraction of sp³-hybridized carbons (Fsp3) is 0.818. The van der Waals surface area contributed by atoms with E-state index in [1.165, 1.54) is 7.11 Å². The summed E-state index contributed by atoms with van der Waals surface area (Å²) in [7, 11) is 1.35. The van der Waals surface area contributed by atoms with Crippen LogP contribution in [0.4, 0.5) is 8.78 Å². The minimum atomic E-state index is -2.78. The standard InChI is InChI=1S/C22H34F2O4/c1-3-4-7-10-16(25)13-14-21-17(18(26)15-19(21)22(21,23)24)11-8-5-6-9-12-20(27)28-2/h5,8,17-19,26H,3-4,6-7,9-15H2,1-2H3/t17-,18+,19-,21+/m1/s1. The quantitative estimate of drug-likeness (QED) is 0.273. The first-order valence-electron chi connectivity index (χ1n) is 10.6. The number of aliphatic hydroxyl groups excluding tert-OH is 1. The lowest BCUT2D eigenvalue weighted by Gasteiger charge is -2.27. The topological polar surface area (TPSA) is 63.6 Å². The molecule has 0 radical (unpaired) electrons. The molecule has 160 valence electrons. The van der Waals surface area contributed by atoms with Crippen molar-refractivity contribution >= 4 is 11.8 Å². The van der Waals surface area contributed by atoms with Crippen LogP contribution in [0.5, 0.6) is 0 Å². The van der Waals surface area contributed by atoms with Gasteiger partial charge < -0.3 is 9.84 Å². The number of unbranched alkanes of at least 4 members (excludes halogenated alkanes) is 3. The smallest absolute Gasteiger partial charge is 0.305 e. The van der Waals surface area contributed by atoms with Gasteiger partial charge in [-0.15, -0.1) is 0 Å². The van der Waals surface area contributed by atoms with Crippen molar-refractivity contribution in [3.63, 3.8) is 0 Å².